The molecule has 0 heterocycles. The van der Waals surface area contributed by atoms with E-state index in [0.29, 0.717) is 66.1 Å². The molecule has 0 aliphatic rings. The second kappa shape index (κ2) is 28.2. The number of carbonyl (C=O) groups excluding carboxylic acids is 2. The summed E-state index contributed by atoms with van der Waals surface area (Å²) in [6.45, 7) is 6.91. The number of carbonyl (C=O) groups is 3. The van der Waals surface area contributed by atoms with Crippen molar-refractivity contribution in [3.63, 3.8) is 0 Å². The molecular weight excluding hydrogens is 560 g/mol. The van der Waals surface area contributed by atoms with Gasteiger partial charge >= 0.3 is 11.9 Å². The standard InChI is InChI=1S/C32H52O11/c1-2-3-4-5-6-7-8-9-28-10-12-29(13-11-28)42-26-24-40-22-20-38-18-16-37-17-19-39-21-23-41-25-27-43-31(34)15-14-30(33)32(35)36/h10-13H,2-9,14-27H2,1H3,(H,35,36). The summed E-state index contributed by atoms with van der Waals surface area (Å²) in [5.74, 6) is -2.35. The number of carboxylic acid groups (broad SMARTS) is 1. The first-order valence-electron chi connectivity index (χ1n) is 15.5. The number of aryl methyl sites for hydroxylation is 1. The minimum absolute atomic E-state index is 0.0237. The van der Waals surface area contributed by atoms with Crippen molar-refractivity contribution in [1.29, 1.82) is 0 Å². The Bertz CT molecular complexity index is 829. The maximum Gasteiger partial charge on any atom is 0.372 e. The third-order valence-corrected chi connectivity index (χ3v) is 6.26. The van der Waals surface area contributed by atoms with Crippen LogP contribution >= 0.6 is 0 Å². The molecule has 0 unspecified atom stereocenters. The normalized spacial score (nSPS) is 11.0. The van der Waals surface area contributed by atoms with Gasteiger partial charge in [-0.1, -0.05) is 57.6 Å². The molecule has 1 N–H and O–H groups in total. The highest BCUT2D eigenvalue weighted by molar-refractivity contribution is 6.32. The van der Waals surface area contributed by atoms with Gasteiger partial charge in [-0.3, -0.25) is 9.59 Å². The number of ketones is 1. The van der Waals surface area contributed by atoms with Gasteiger partial charge in [0.25, 0.3) is 0 Å². The Morgan fingerprint density at radius 1 is 0.581 bits per heavy atom. The highest BCUT2D eigenvalue weighted by Gasteiger charge is 2.14. The van der Waals surface area contributed by atoms with Crippen LogP contribution in [0.15, 0.2) is 24.3 Å². The van der Waals surface area contributed by atoms with Gasteiger partial charge in [0.2, 0.25) is 5.78 Å². The van der Waals surface area contributed by atoms with E-state index in [0.717, 1.165) is 12.2 Å². The van der Waals surface area contributed by atoms with Crippen molar-refractivity contribution >= 4 is 17.7 Å². The maximum atomic E-state index is 11.4. The van der Waals surface area contributed by atoms with Crippen molar-refractivity contribution in [2.75, 3.05) is 79.3 Å². The zero-order chi connectivity index (χ0) is 31.2. The van der Waals surface area contributed by atoms with Gasteiger partial charge in [-0.05, 0) is 30.5 Å². The van der Waals surface area contributed by atoms with E-state index in [1.165, 1.54) is 50.5 Å². The monoisotopic (exact) mass is 612 g/mol. The SMILES string of the molecule is CCCCCCCCCc1ccc(OCCOCCOCCOCCOCCOCCOC(=O)CCC(=O)C(=O)O)cc1. The van der Waals surface area contributed by atoms with E-state index in [-0.39, 0.29) is 26.1 Å². The molecule has 0 saturated carbocycles. The average molecular weight is 613 g/mol. The lowest BCUT2D eigenvalue weighted by molar-refractivity contribution is -0.151. The van der Waals surface area contributed by atoms with Gasteiger partial charge in [0.1, 0.15) is 19.0 Å². The second-order valence-corrected chi connectivity index (χ2v) is 9.87. The lowest BCUT2D eigenvalue weighted by Crippen LogP contribution is -2.17. The van der Waals surface area contributed by atoms with Crippen LogP contribution in [0, 0.1) is 0 Å². The first-order chi connectivity index (χ1) is 21.0. The number of ether oxygens (including phenoxy) is 7. The van der Waals surface area contributed by atoms with Crippen molar-refractivity contribution in [1.82, 2.24) is 0 Å². The summed E-state index contributed by atoms with van der Waals surface area (Å²) in [5.41, 5.74) is 1.36. The predicted molar refractivity (Wildman–Crippen MR) is 161 cm³/mol. The summed E-state index contributed by atoms with van der Waals surface area (Å²) in [6.07, 6.45) is 9.77. The predicted octanol–water partition coefficient (Wildman–Crippen LogP) is 4.42. The van der Waals surface area contributed by atoms with E-state index < -0.39 is 17.7 Å². The minimum atomic E-state index is -1.56. The molecule has 0 saturated heterocycles. The van der Waals surface area contributed by atoms with Crippen molar-refractivity contribution in [3.05, 3.63) is 29.8 Å². The molecule has 0 aromatic heterocycles. The molecule has 0 aliphatic heterocycles. The molecule has 0 fully saturated rings. The molecule has 43 heavy (non-hydrogen) atoms. The number of benzene rings is 1. The topological polar surface area (TPSA) is 136 Å². The van der Waals surface area contributed by atoms with E-state index in [9.17, 15) is 14.4 Å². The molecule has 0 atom stereocenters. The quantitative estimate of drug-likeness (QED) is 0.0725. The van der Waals surface area contributed by atoms with Crippen LogP contribution in [0.1, 0.15) is 70.3 Å². The summed E-state index contributed by atoms with van der Waals surface area (Å²) in [4.78, 5) is 32.6. The lowest BCUT2D eigenvalue weighted by Gasteiger charge is -2.09. The van der Waals surface area contributed by atoms with E-state index in [1.54, 1.807) is 0 Å². The smallest absolute Gasteiger partial charge is 0.372 e. The van der Waals surface area contributed by atoms with Crippen molar-refractivity contribution < 1.29 is 52.6 Å². The fourth-order valence-electron chi connectivity index (χ4n) is 3.85. The summed E-state index contributed by atoms with van der Waals surface area (Å²) in [6, 6.07) is 8.36. The molecule has 1 rings (SSSR count). The largest absolute Gasteiger partial charge is 0.491 e. The molecule has 246 valence electrons. The van der Waals surface area contributed by atoms with Gasteiger partial charge in [0.05, 0.1) is 72.5 Å². The molecular formula is C32H52O11. The lowest BCUT2D eigenvalue weighted by atomic mass is 10.0. The van der Waals surface area contributed by atoms with Crippen molar-refractivity contribution in [3.8, 4) is 5.75 Å². The fraction of sp³-hybridized carbons (Fsp3) is 0.719. The Morgan fingerprint density at radius 2 is 1.05 bits per heavy atom. The molecule has 0 bridgehead atoms. The van der Waals surface area contributed by atoms with Crippen LogP contribution in [0.5, 0.6) is 5.75 Å². The summed E-state index contributed by atoms with van der Waals surface area (Å²) < 4.78 is 37.7. The minimum Gasteiger partial charge on any atom is -0.491 e. The first-order valence-corrected chi connectivity index (χ1v) is 15.5. The molecule has 11 nitrogen and oxygen atoms in total. The molecule has 0 spiro atoms. The molecule has 0 radical (unpaired) electrons. The van der Waals surface area contributed by atoms with E-state index >= 15 is 0 Å². The van der Waals surface area contributed by atoms with Gasteiger partial charge < -0.3 is 38.3 Å². The van der Waals surface area contributed by atoms with Crippen LogP contribution in [-0.4, -0.2) is 102 Å². The summed E-state index contributed by atoms with van der Waals surface area (Å²) in [5, 5.41) is 8.44. The number of carboxylic acids is 1. The van der Waals surface area contributed by atoms with Crippen LogP contribution in [0.4, 0.5) is 0 Å². The van der Waals surface area contributed by atoms with E-state index in [1.807, 2.05) is 12.1 Å². The highest BCUT2D eigenvalue weighted by atomic mass is 16.6. The van der Waals surface area contributed by atoms with Gasteiger partial charge in [0.15, 0.2) is 0 Å². The van der Waals surface area contributed by atoms with E-state index in [2.05, 4.69) is 19.1 Å². The average Bonchev–Trinajstić information content (AvgIpc) is 3.01. The van der Waals surface area contributed by atoms with Crippen LogP contribution in [0.2, 0.25) is 0 Å². The Kier molecular flexibility index (Phi) is 25.2. The van der Waals surface area contributed by atoms with Gasteiger partial charge in [-0.25, -0.2) is 4.79 Å². The second-order valence-electron chi connectivity index (χ2n) is 9.87. The van der Waals surface area contributed by atoms with Crippen LogP contribution in [-0.2, 0) is 49.2 Å². The zero-order valence-electron chi connectivity index (χ0n) is 25.9. The number of unbranched alkanes of at least 4 members (excludes halogenated alkanes) is 6. The number of esters is 1. The van der Waals surface area contributed by atoms with Crippen molar-refractivity contribution in [2.45, 2.75) is 71.1 Å². The van der Waals surface area contributed by atoms with Gasteiger partial charge in [-0.15, -0.1) is 0 Å². The Morgan fingerprint density at radius 3 is 1.56 bits per heavy atom. The fourth-order valence-corrected chi connectivity index (χ4v) is 3.85. The first kappa shape index (κ1) is 38.5. The zero-order valence-corrected chi connectivity index (χ0v) is 25.9. The number of hydrogen-bond acceptors (Lipinski definition) is 10. The maximum absolute atomic E-state index is 11.4. The summed E-state index contributed by atoms with van der Waals surface area (Å²) in [7, 11) is 0. The Balaban J connectivity index is 1.79. The number of rotatable bonds is 31. The van der Waals surface area contributed by atoms with Gasteiger partial charge in [0, 0.05) is 6.42 Å². The number of hydrogen-bond donors (Lipinski definition) is 1. The molecule has 1 aromatic carbocycles. The Labute approximate surface area is 256 Å². The van der Waals surface area contributed by atoms with Crippen LogP contribution < -0.4 is 4.74 Å². The number of Topliss-reactive ketones (excluding diaryl/α,β-unsaturated/α-hetero) is 1. The molecule has 0 amide bonds. The van der Waals surface area contributed by atoms with Crippen LogP contribution in [0.25, 0.3) is 0 Å². The molecule has 1 aromatic rings. The van der Waals surface area contributed by atoms with Gasteiger partial charge in [-0.2, -0.15) is 0 Å². The summed E-state index contributed by atoms with van der Waals surface area (Å²) >= 11 is 0. The molecule has 0 aliphatic carbocycles. The van der Waals surface area contributed by atoms with Crippen LogP contribution in [0.3, 0.4) is 0 Å². The van der Waals surface area contributed by atoms with Crippen molar-refractivity contribution in [2.24, 2.45) is 0 Å². The third kappa shape index (κ3) is 24.6. The highest BCUT2D eigenvalue weighted by Crippen LogP contribution is 2.15. The van der Waals surface area contributed by atoms with E-state index in [4.69, 9.17) is 38.3 Å². The molecule has 11 heteroatoms. The Hall–Kier alpha value is -2.57. The third-order valence-electron chi connectivity index (χ3n) is 6.26. The number of aliphatic carboxylic acids is 1.